The quantitative estimate of drug-likeness (QED) is 0.645. The van der Waals surface area contributed by atoms with Crippen LogP contribution in [0.15, 0.2) is 24.3 Å². The molecule has 0 atom stereocenters. The molecule has 0 N–H and O–H groups in total. The summed E-state index contributed by atoms with van der Waals surface area (Å²) in [6, 6.07) is 8.42. The molecule has 0 heterocycles. The van der Waals surface area contributed by atoms with E-state index in [2.05, 4.69) is 19.1 Å². The molecule has 0 saturated carbocycles. The highest BCUT2D eigenvalue weighted by Gasteiger charge is 2.03. The lowest BCUT2D eigenvalue weighted by molar-refractivity contribution is 1.22. The first-order valence-electron chi connectivity index (χ1n) is 4.87. The third-order valence-corrected chi connectivity index (χ3v) is 2.20. The van der Waals surface area contributed by atoms with Gasteiger partial charge in [-0.2, -0.15) is 5.26 Å². The zero-order chi connectivity index (χ0) is 10.6. The summed E-state index contributed by atoms with van der Waals surface area (Å²) in [4.78, 5) is 0. The topological polar surface area (TPSA) is 23.8 Å². The number of hydrogen-bond acceptors (Lipinski definition) is 1. The van der Waals surface area contributed by atoms with E-state index in [-0.39, 0.29) is 0 Å². The van der Waals surface area contributed by atoms with Crippen LogP contribution in [0.2, 0.25) is 0 Å². The van der Waals surface area contributed by atoms with Gasteiger partial charge in [-0.3, -0.25) is 0 Å². The van der Waals surface area contributed by atoms with Crippen molar-refractivity contribution >= 4 is 5.57 Å². The van der Waals surface area contributed by atoms with Crippen molar-refractivity contribution in [3.05, 3.63) is 41.0 Å². The molecular formula is C13H15N. The minimum Gasteiger partial charge on any atom is -0.192 e. The molecule has 0 amide bonds. The average Bonchev–Trinajstić information content (AvgIpc) is 2.15. The molecule has 0 radical (unpaired) electrons. The number of allylic oxidation sites excluding steroid dienone is 2. The smallest absolute Gasteiger partial charge is 0.0994 e. The molecule has 0 fully saturated rings. The third kappa shape index (κ3) is 2.23. The molecule has 1 aromatic rings. The Hall–Kier alpha value is -1.55. The van der Waals surface area contributed by atoms with E-state index in [9.17, 15) is 0 Å². The lowest BCUT2D eigenvalue weighted by atomic mass is 9.99. The van der Waals surface area contributed by atoms with Crippen LogP contribution in [0, 0.1) is 25.2 Å². The van der Waals surface area contributed by atoms with Gasteiger partial charge in [0.15, 0.2) is 0 Å². The lowest BCUT2D eigenvalue weighted by Crippen LogP contribution is -1.87. The second-order valence-corrected chi connectivity index (χ2v) is 3.46. The Balaban J connectivity index is 3.19. The maximum absolute atomic E-state index is 8.99. The van der Waals surface area contributed by atoms with E-state index in [0.29, 0.717) is 0 Å². The number of nitrogens with zero attached hydrogens (tertiary/aromatic N) is 1. The number of nitriles is 1. The zero-order valence-corrected chi connectivity index (χ0v) is 8.96. The van der Waals surface area contributed by atoms with Crippen LogP contribution in [0.1, 0.15) is 30.0 Å². The van der Waals surface area contributed by atoms with Crippen LogP contribution in [-0.2, 0) is 0 Å². The van der Waals surface area contributed by atoms with Crippen molar-refractivity contribution in [1.29, 1.82) is 5.26 Å². The highest BCUT2D eigenvalue weighted by molar-refractivity contribution is 5.78. The van der Waals surface area contributed by atoms with Gasteiger partial charge in [0.25, 0.3) is 0 Å². The monoisotopic (exact) mass is 185 g/mol. The summed E-state index contributed by atoms with van der Waals surface area (Å²) in [5, 5.41) is 8.99. The summed E-state index contributed by atoms with van der Waals surface area (Å²) in [7, 11) is 0. The molecule has 1 nitrogen and oxygen atoms in total. The Morgan fingerprint density at radius 2 is 2.14 bits per heavy atom. The van der Waals surface area contributed by atoms with E-state index in [4.69, 9.17) is 5.26 Å². The fourth-order valence-electron chi connectivity index (χ4n) is 1.54. The van der Waals surface area contributed by atoms with Gasteiger partial charge in [0.2, 0.25) is 0 Å². The average molecular weight is 185 g/mol. The number of rotatable bonds is 2. The van der Waals surface area contributed by atoms with Crippen molar-refractivity contribution < 1.29 is 0 Å². The minimum atomic E-state index is 0.782. The fraction of sp³-hybridized carbons (Fsp3) is 0.308. The van der Waals surface area contributed by atoms with Crippen molar-refractivity contribution in [2.24, 2.45) is 0 Å². The van der Waals surface area contributed by atoms with E-state index >= 15 is 0 Å². The molecule has 0 aliphatic carbocycles. The van der Waals surface area contributed by atoms with Gasteiger partial charge in [0, 0.05) is 0 Å². The van der Waals surface area contributed by atoms with Crippen molar-refractivity contribution in [3.8, 4) is 6.07 Å². The SMILES string of the molecule is CC/C=C(\C#N)c1ccc(C)cc1C. The van der Waals surface area contributed by atoms with E-state index in [1.807, 2.05) is 32.1 Å². The first-order chi connectivity index (χ1) is 6.69. The summed E-state index contributed by atoms with van der Waals surface area (Å²) < 4.78 is 0. The number of hydrogen-bond donors (Lipinski definition) is 0. The van der Waals surface area contributed by atoms with Crippen LogP contribution in [0.25, 0.3) is 5.57 Å². The Labute approximate surface area is 85.7 Å². The Bertz CT molecular complexity index is 394. The Morgan fingerprint density at radius 3 is 2.64 bits per heavy atom. The van der Waals surface area contributed by atoms with Crippen LogP contribution < -0.4 is 0 Å². The van der Waals surface area contributed by atoms with Gasteiger partial charge in [-0.15, -0.1) is 0 Å². The third-order valence-electron chi connectivity index (χ3n) is 2.20. The summed E-state index contributed by atoms with van der Waals surface area (Å²) in [6.45, 7) is 6.15. The highest BCUT2D eigenvalue weighted by Crippen LogP contribution is 2.19. The van der Waals surface area contributed by atoms with Gasteiger partial charge in [-0.05, 0) is 31.4 Å². The largest absolute Gasteiger partial charge is 0.192 e. The maximum atomic E-state index is 8.99. The normalized spacial score (nSPS) is 11.1. The Kier molecular flexibility index (Phi) is 3.48. The van der Waals surface area contributed by atoms with Gasteiger partial charge in [0.1, 0.15) is 0 Å². The molecule has 0 unspecified atom stereocenters. The summed E-state index contributed by atoms with van der Waals surface area (Å²) in [6.07, 6.45) is 2.87. The zero-order valence-electron chi connectivity index (χ0n) is 8.96. The first-order valence-corrected chi connectivity index (χ1v) is 4.87. The molecular weight excluding hydrogens is 170 g/mol. The van der Waals surface area contributed by atoms with Crippen LogP contribution in [0.5, 0.6) is 0 Å². The molecule has 0 aliphatic heterocycles. The molecule has 0 bridgehead atoms. The molecule has 1 rings (SSSR count). The molecule has 1 heteroatoms. The summed E-state index contributed by atoms with van der Waals surface area (Å²) >= 11 is 0. The maximum Gasteiger partial charge on any atom is 0.0994 e. The molecule has 0 aliphatic rings. The second-order valence-electron chi connectivity index (χ2n) is 3.46. The van der Waals surface area contributed by atoms with Crippen LogP contribution in [-0.4, -0.2) is 0 Å². The fourth-order valence-corrected chi connectivity index (χ4v) is 1.54. The van der Waals surface area contributed by atoms with Crippen LogP contribution in [0.3, 0.4) is 0 Å². The van der Waals surface area contributed by atoms with E-state index in [1.54, 1.807) is 0 Å². The van der Waals surface area contributed by atoms with Gasteiger partial charge in [0.05, 0.1) is 11.6 Å². The second kappa shape index (κ2) is 4.62. The van der Waals surface area contributed by atoms with E-state index < -0.39 is 0 Å². The van der Waals surface area contributed by atoms with Crippen molar-refractivity contribution in [2.75, 3.05) is 0 Å². The van der Waals surface area contributed by atoms with Crippen LogP contribution in [0.4, 0.5) is 0 Å². The van der Waals surface area contributed by atoms with Gasteiger partial charge in [-0.1, -0.05) is 36.8 Å². The molecule has 72 valence electrons. The minimum absolute atomic E-state index is 0.782. The highest BCUT2D eigenvalue weighted by atomic mass is 14.2. The molecule has 0 aromatic heterocycles. The van der Waals surface area contributed by atoms with Gasteiger partial charge >= 0.3 is 0 Å². The lowest BCUT2D eigenvalue weighted by Gasteiger charge is -2.04. The molecule has 0 saturated heterocycles. The predicted molar refractivity (Wildman–Crippen MR) is 59.8 cm³/mol. The standard InChI is InChI=1S/C13H15N/c1-4-5-12(9-14)13-7-6-10(2)8-11(13)3/h5-8H,4H2,1-3H3/b12-5+. The van der Waals surface area contributed by atoms with Gasteiger partial charge in [-0.25, -0.2) is 0 Å². The molecule has 14 heavy (non-hydrogen) atoms. The number of aryl methyl sites for hydroxylation is 2. The predicted octanol–water partition coefficient (Wildman–Crippen LogP) is 3.62. The number of benzene rings is 1. The van der Waals surface area contributed by atoms with Crippen molar-refractivity contribution in [3.63, 3.8) is 0 Å². The molecule has 1 aromatic carbocycles. The first kappa shape index (κ1) is 10.5. The van der Waals surface area contributed by atoms with Crippen molar-refractivity contribution in [1.82, 2.24) is 0 Å². The summed E-state index contributed by atoms with van der Waals surface area (Å²) in [5.41, 5.74) is 4.25. The van der Waals surface area contributed by atoms with Gasteiger partial charge < -0.3 is 0 Å². The molecule has 0 spiro atoms. The van der Waals surface area contributed by atoms with E-state index in [1.165, 1.54) is 11.1 Å². The van der Waals surface area contributed by atoms with E-state index in [0.717, 1.165) is 17.6 Å². The van der Waals surface area contributed by atoms with Crippen LogP contribution >= 0.6 is 0 Å². The summed E-state index contributed by atoms with van der Waals surface area (Å²) in [5.74, 6) is 0. The Morgan fingerprint density at radius 1 is 1.43 bits per heavy atom. The van der Waals surface area contributed by atoms with Crippen molar-refractivity contribution in [2.45, 2.75) is 27.2 Å².